The van der Waals surface area contributed by atoms with E-state index in [2.05, 4.69) is 20.3 Å². The number of hydrogen-bond donors (Lipinski definition) is 4. The third-order valence-corrected chi connectivity index (χ3v) is 6.65. The maximum atomic E-state index is 11.4. The average molecular weight is 551 g/mol. The van der Waals surface area contributed by atoms with Gasteiger partial charge in [0.25, 0.3) is 0 Å². The average Bonchev–Trinajstić information content (AvgIpc) is 3.53. The van der Waals surface area contributed by atoms with Crippen molar-refractivity contribution in [1.29, 1.82) is 0 Å². The molecule has 4 aromatic rings. The third-order valence-electron chi connectivity index (χ3n) is 6.65. The molecule has 210 valence electrons. The maximum absolute atomic E-state index is 11.4. The molecule has 1 saturated heterocycles. The molecular formula is C27H30N6O7. The van der Waals surface area contributed by atoms with Crippen molar-refractivity contribution < 1.29 is 34.0 Å². The zero-order valence-electron chi connectivity index (χ0n) is 21.9. The molecule has 5 N–H and O–H groups in total. The van der Waals surface area contributed by atoms with Crippen molar-refractivity contribution in [1.82, 2.24) is 19.5 Å². The van der Waals surface area contributed by atoms with Crippen LogP contribution in [0, 0.1) is 0 Å². The molecule has 0 radical (unpaired) electrons. The number of aromatic nitrogens is 4. The van der Waals surface area contributed by atoms with Gasteiger partial charge >= 0.3 is 5.97 Å². The number of rotatable bonds is 11. The zero-order chi connectivity index (χ0) is 28.2. The molecule has 5 rings (SSSR count). The van der Waals surface area contributed by atoms with Crippen LogP contribution in [0.2, 0.25) is 0 Å². The Hall–Kier alpha value is -4.46. The van der Waals surface area contributed by atoms with Gasteiger partial charge in [0.1, 0.15) is 19.0 Å². The van der Waals surface area contributed by atoms with E-state index in [4.69, 9.17) is 24.7 Å². The van der Waals surface area contributed by atoms with E-state index in [-0.39, 0.29) is 0 Å². The number of anilines is 1. The first-order chi connectivity index (χ1) is 19.4. The number of benzene rings is 2. The van der Waals surface area contributed by atoms with Gasteiger partial charge < -0.3 is 40.2 Å². The topological polar surface area (TPSA) is 176 Å². The monoisotopic (exact) mass is 550 g/mol. The number of hydrogen-bond acceptors (Lipinski definition) is 11. The van der Waals surface area contributed by atoms with Crippen LogP contribution in [0.3, 0.4) is 0 Å². The fourth-order valence-electron chi connectivity index (χ4n) is 4.59. The minimum absolute atomic E-state index is 0.364. The number of carboxylic acid groups (broad SMARTS) is 1. The highest BCUT2D eigenvalue weighted by Gasteiger charge is 2.46. The Balaban J connectivity index is 1.29. The lowest BCUT2D eigenvalue weighted by Gasteiger charge is -2.17. The van der Waals surface area contributed by atoms with E-state index in [9.17, 15) is 15.0 Å². The molecule has 3 heterocycles. The quantitative estimate of drug-likeness (QED) is 0.213. The molecule has 0 aliphatic carbocycles. The highest BCUT2D eigenvalue weighted by Crippen LogP contribution is 2.39. The number of ether oxygens (including phenoxy) is 4. The molecule has 13 nitrogen and oxygen atoms in total. The number of methoxy groups -OCH3 is 2. The Bertz CT molecular complexity index is 1460. The standard InChI is InChI=1S/C27H30N6O7/c1-37-17-10-16(11-18(38-2)22(17)39-12-15-6-4-3-5-7-15)8-9-29-24-20-25(31-13-30-24)33(14-32-20)26-21(34)19(28)23(40-26)27(35)36/h3-7,10-11,13-14,19,21,23,26,34H,8-9,12,28H2,1-2H3,(H,35,36)(H,29,30,31). The minimum Gasteiger partial charge on any atom is -0.493 e. The summed E-state index contributed by atoms with van der Waals surface area (Å²) in [6.07, 6.45) is -0.289. The summed E-state index contributed by atoms with van der Waals surface area (Å²) < 4.78 is 24.2. The first-order valence-corrected chi connectivity index (χ1v) is 12.6. The molecule has 4 atom stereocenters. The van der Waals surface area contributed by atoms with Crippen LogP contribution in [-0.2, 0) is 22.6 Å². The first kappa shape index (κ1) is 27.1. The number of fused-ring (bicyclic) bond motifs is 1. The van der Waals surface area contributed by atoms with Crippen molar-refractivity contribution in [3.8, 4) is 17.2 Å². The second-order valence-electron chi connectivity index (χ2n) is 9.18. The van der Waals surface area contributed by atoms with E-state index >= 15 is 0 Å². The summed E-state index contributed by atoms with van der Waals surface area (Å²) in [5, 5.41) is 23.1. The van der Waals surface area contributed by atoms with Gasteiger partial charge in [0.2, 0.25) is 5.75 Å². The number of nitrogens with two attached hydrogens (primary N) is 1. The lowest BCUT2D eigenvalue weighted by atomic mass is 10.1. The molecule has 2 aromatic heterocycles. The summed E-state index contributed by atoms with van der Waals surface area (Å²) in [6, 6.07) is 12.5. The largest absolute Gasteiger partial charge is 0.493 e. The Labute approximate surface area is 229 Å². The number of aliphatic hydroxyl groups is 1. The number of aliphatic carboxylic acids is 1. The molecule has 1 aliphatic rings. The van der Waals surface area contributed by atoms with Crippen LogP contribution in [0.15, 0.2) is 55.1 Å². The van der Waals surface area contributed by atoms with Gasteiger partial charge in [-0.25, -0.2) is 19.7 Å². The Kier molecular flexibility index (Phi) is 7.96. The molecule has 0 amide bonds. The lowest BCUT2D eigenvalue weighted by molar-refractivity contribution is -0.152. The number of imidazole rings is 1. The number of nitrogens with one attached hydrogen (secondary N) is 1. The SMILES string of the molecule is COc1cc(CCNc2ncnc3c2ncn3C2OC(C(=O)O)C(N)C2O)cc(OC)c1OCc1ccccc1. The van der Waals surface area contributed by atoms with E-state index in [0.29, 0.717) is 53.8 Å². The lowest BCUT2D eigenvalue weighted by Crippen LogP contribution is -2.43. The molecule has 0 bridgehead atoms. The molecule has 0 spiro atoms. The predicted molar refractivity (Wildman–Crippen MR) is 143 cm³/mol. The summed E-state index contributed by atoms with van der Waals surface area (Å²) in [5.74, 6) is 0.856. The number of carbonyl (C=O) groups is 1. The van der Waals surface area contributed by atoms with Crippen molar-refractivity contribution in [2.75, 3.05) is 26.1 Å². The molecule has 4 unspecified atom stereocenters. The normalized spacial score (nSPS) is 20.4. The van der Waals surface area contributed by atoms with Gasteiger partial charge in [-0.3, -0.25) is 4.57 Å². The Morgan fingerprint density at radius 3 is 2.48 bits per heavy atom. The van der Waals surface area contributed by atoms with E-state index in [1.807, 2.05) is 42.5 Å². The van der Waals surface area contributed by atoms with Gasteiger partial charge in [0, 0.05) is 6.54 Å². The second kappa shape index (κ2) is 11.7. The molecule has 0 saturated carbocycles. The van der Waals surface area contributed by atoms with Crippen molar-refractivity contribution >= 4 is 23.0 Å². The molecule has 1 aliphatic heterocycles. The summed E-state index contributed by atoms with van der Waals surface area (Å²) in [7, 11) is 3.16. The van der Waals surface area contributed by atoms with Gasteiger partial charge in [0.05, 0.1) is 26.6 Å². The second-order valence-corrected chi connectivity index (χ2v) is 9.18. The smallest absolute Gasteiger partial charge is 0.334 e. The third kappa shape index (κ3) is 5.34. The van der Waals surface area contributed by atoms with E-state index in [0.717, 1.165) is 11.1 Å². The zero-order valence-corrected chi connectivity index (χ0v) is 21.9. The van der Waals surface area contributed by atoms with E-state index < -0.39 is 30.4 Å². The summed E-state index contributed by atoms with van der Waals surface area (Å²) >= 11 is 0. The molecular weight excluding hydrogens is 520 g/mol. The maximum Gasteiger partial charge on any atom is 0.334 e. The van der Waals surface area contributed by atoms with Crippen molar-refractivity contribution in [2.45, 2.75) is 37.5 Å². The minimum atomic E-state index is -1.35. The molecule has 1 fully saturated rings. The van der Waals surface area contributed by atoms with Gasteiger partial charge in [-0.1, -0.05) is 30.3 Å². The fraction of sp³-hybridized carbons (Fsp3) is 0.333. The van der Waals surface area contributed by atoms with Gasteiger partial charge in [-0.15, -0.1) is 0 Å². The first-order valence-electron chi connectivity index (χ1n) is 12.6. The van der Waals surface area contributed by atoms with Gasteiger partial charge in [-0.05, 0) is 29.7 Å². The van der Waals surface area contributed by atoms with Crippen LogP contribution in [0.4, 0.5) is 5.82 Å². The van der Waals surface area contributed by atoms with E-state index in [1.54, 1.807) is 14.2 Å². The molecule has 2 aromatic carbocycles. The highest BCUT2D eigenvalue weighted by molar-refractivity contribution is 5.82. The van der Waals surface area contributed by atoms with Crippen molar-refractivity contribution in [2.24, 2.45) is 5.73 Å². The van der Waals surface area contributed by atoms with Crippen molar-refractivity contribution in [3.05, 3.63) is 66.2 Å². The van der Waals surface area contributed by atoms with Crippen LogP contribution in [0.5, 0.6) is 17.2 Å². The van der Waals surface area contributed by atoms with Gasteiger partial charge in [0.15, 0.2) is 40.8 Å². The van der Waals surface area contributed by atoms with E-state index in [1.165, 1.54) is 17.2 Å². The number of nitrogens with zero attached hydrogens (tertiary/aromatic N) is 4. The summed E-state index contributed by atoms with van der Waals surface area (Å²) in [5.41, 5.74) is 8.62. The fourth-order valence-corrected chi connectivity index (χ4v) is 4.59. The summed E-state index contributed by atoms with van der Waals surface area (Å²) in [4.78, 5) is 24.3. The molecule has 40 heavy (non-hydrogen) atoms. The Morgan fingerprint density at radius 2 is 1.82 bits per heavy atom. The Morgan fingerprint density at radius 1 is 1.10 bits per heavy atom. The van der Waals surface area contributed by atoms with Crippen LogP contribution >= 0.6 is 0 Å². The highest BCUT2D eigenvalue weighted by atomic mass is 16.6. The predicted octanol–water partition coefficient (Wildman–Crippen LogP) is 1.75. The van der Waals surface area contributed by atoms with Crippen molar-refractivity contribution in [3.63, 3.8) is 0 Å². The van der Waals surface area contributed by atoms with Crippen LogP contribution in [-0.4, -0.2) is 74.7 Å². The number of aliphatic hydroxyl groups excluding tert-OH is 1. The van der Waals surface area contributed by atoms with Crippen LogP contribution in [0.1, 0.15) is 17.4 Å². The van der Waals surface area contributed by atoms with Crippen LogP contribution < -0.4 is 25.3 Å². The summed E-state index contributed by atoms with van der Waals surface area (Å²) in [6.45, 7) is 0.862. The number of carboxylic acids is 1. The van der Waals surface area contributed by atoms with Gasteiger partial charge in [-0.2, -0.15) is 0 Å². The molecule has 13 heteroatoms. The van der Waals surface area contributed by atoms with Crippen LogP contribution in [0.25, 0.3) is 11.2 Å².